The van der Waals surface area contributed by atoms with Crippen LogP contribution in [0.15, 0.2) is 22.7 Å². The van der Waals surface area contributed by atoms with Gasteiger partial charge in [0.15, 0.2) is 6.10 Å². The number of benzene rings is 1. The largest absolute Gasteiger partial charge is 0.479 e. The molecule has 3 N–H and O–H groups in total. The fraction of sp³-hybridized carbons (Fsp3) is 0.222. The van der Waals surface area contributed by atoms with Crippen molar-refractivity contribution in [3.05, 3.63) is 34.1 Å². The Hall–Kier alpha value is -0.980. The molecule has 0 saturated heterocycles. The van der Waals surface area contributed by atoms with Crippen molar-refractivity contribution < 1.29 is 24.5 Å². The number of hydrogen-bond acceptors (Lipinski definition) is 3. The van der Waals surface area contributed by atoms with Crippen LogP contribution in [0.3, 0.4) is 0 Å². The first-order valence-corrected chi connectivity index (χ1v) is 4.76. The predicted octanol–water partition coefficient (Wildman–Crippen LogP) is 1.07. The Morgan fingerprint density at radius 2 is 1.93 bits per heavy atom. The van der Waals surface area contributed by atoms with Gasteiger partial charge in [0.2, 0.25) is 0 Å². The maximum absolute atomic E-state index is 12.9. The fourth-order valence-corrected chi connectivity index (χ4v) is 1.55. The Labute approximate surface area is 93.1 Å². The van der Waals surface area contributed by atoms with E-state index in [0.717, 1.165) is 12.1 Å². The van der Waals surface area contributed by atoms with Crippen molar-refractivity contribution in [2.75, 3.05) is 0 Å². The normalized spacial score (nSPS) is 14.7. The molecule has 2 atom stereocenters. The molecule has 2 unspecified atom stereocenters. The van der Waals surface area contributed by atoms with E-state index < -0.39 is 24.0 Å². The molecule has 0 radical (unpaired) electrons. The summed E-state index contributed by atoms with van der Waals surface area (Å²) in [5.41, 5.74) is -0.00299. The second kappa shape index (κ2) is 4.69. The van der Waals surface area contributed by atoms with E-state index >= 15 is 0 Å². The van der Waals surface area contributed by atoms with Crippen LogP contribution in [0.2, 0.25) is 0 Å². The van der Waals surface area contributed by atoms with Crippen molar-refractivity contribution in [2.24, 2.45) is 0 Å². The second-order valence-electron chi connectivity index (χ2n) is 2.93. The molecule has 15 heavy (non-hydrogen) atoms. The third-order valence-corrected chi connectivity index (χ3v) is 2.24. The highest BCUT2D eigenvalue weighted by Gasteiger charge is 2.25. The standard InChI is InChI=1S/C9H8BrFO4/c10-5-1-4(2-6(11)3-5)7(12)8(13)9(14)15/h1-3,7-8,12-13H,(H,14,15). The summed E-state index contributed by atoms with van der Waals surface area (Å²) in [5.74, 6) is -2.20. The molecule has 4 nitrogen and oxygen atoms in total. The SMILES string of the molecule is O=C(O)C(O)C(O)c1cc(F)cc(Br)c1. The number of carbonyl (C=O) groups is 1. The zero-order valence-electron chi connectivity index (χ0n) is 7.39. The Morgan fingerprint density at radius 3 is 2.40 bits per heavy atom. The van der Waals surface area contributed by atoms with Crippen LogP contribution in [0.25, 0.3) is 0 Å². The molecule has 0 bridgehead atoms. The molecule has 0 aliphatic rings. The van der Waals surface area contributed by atoms with Crippen LogP contribution in [0, 0.1) is 5.82 Å². The minimum atomic E-state index is -1.97. The van der Waals surface area contributed by atoms with Crippen LogP contribution in [0.4, 0.5) is 4.39 Å². The van der Waals surface area contributed by atoms with Gasteiger partial charge in [-0.15, -0.1) is 0 Å². The second-order valence-corrected chi connectivity index (χ2v) is 3.85. The maximum atomic E-state index is 12.9. The van der Waals surface area contributed by atoms with Gasteiger partial charge in [0, 0.05) is 4.47 Å². The summed E-state index contributed by atoms with van der Waals surface area (Å²) in [6.45, 7) is 0. The van der Waals surface area contributed by atoms with E-state index in [-0.39, 0.29) is 5.56 Å². The zero-order valence-corrected chi connectivity index (χ0v) is 8.98. The monoisotopic (exact) mass is 278 g/mol. The average Bonchev–Trinajstić information content (AvgIpc) is 2.13. The van der Waals surface area contributed by atoms with Gasteiger partial charge >= 0.3 is 5.97 Å². The van der Waals surface area contributed by atoms with Gasteiger partial charge in [0.05, 0.1) is 0 Å². The molecule has 0 aromatic heterocycles. The van der Waals surface area contributed by atoms with Crippen molar-refractivity contribution in [1.29, 1.82) is 0 Å². The fourth-order valence-electron chi connectivity index (χ4n) is 1.06. The average molecular weight is 279 g/mol. The molecule has 82 valence electrons. The Balaban J connectivity index is 3.00. The quantitative estimate of drug-likeness (QED) is 0.773. The summed E-state index contributed by atoms with van der Waals surface area (Å²) in [6.07, 6.45) is -3.63. The lowest BCUT2D eigenvalue weighted by atomic mass is 10.0. The topological polar surface area (TPSA) is 77.8 Å². The number of aliphatic carboxylic acids is 1. The van der Waals surface area contributed by atoms with Gasteiger partial charge in [-0.05, 0) is 23.8 Å². The van der Waals surface area contributed by atoms with E-state index in [2.05, 4.69) is 15.9 Å². The molecule has 0 aliphatic carbocycles. The summed E-state index contributed by atoms with van der Waals surface area (Å²) in [7, 11) is 0. The lowest BCUT2D eigenvalue weighted by Gasteiger charge is -2.14. The highest BCUT2D eigenvalue weighted by molar-refractivity contribution is 9.10. The minimum absolute atomic E-state index is 0.00299. The molecule has 0 aliphatic heterocycles. The molecule has 0 heterocycles. The molecular formula is C9H8BrFO4. The zero-order chi connectivity index (χ0) is 11.6. The van der Waals surface area contributed by atoms with Gasteiger partial charge in [-0.1, -0.05) is 15.9 Å². The van der Waals surface area contributed by atoms with Crippen molar-refractivity contribution in [1.82, 2.24) is 0 Å². The van der Waals surface area contributed by atoms with Gasteiger partial charge in [-0.2, -0.15) is 0 Å². The van der Waals surface area contributed by atoms with Gasteiger partial charge in [0.25, 0.3) is 0 Å². The predicted molar refractivity (Wildman–Crippen MR) is 52.7 cm³/mol. The van der Waals surface area contributed by atoms with Crippen LogP contribution in [-0.2, 0) is 4.79 Å². The van der Waals surface area contributed by atoms with Crippen LogP contribution >= 0.6 is 15.9 Å². The molecule has 1 rings (SSSR count). The molecule has 0 saturated carbocycles. The number of hydrogen-bond donors (Lipinski definition) is 3. The Bertz CT molecular complexity index is 362. The molecule has 0 amide bonds. The van der Waals surface area contributed by atoms with E-state index in [4.69, 9.17) is 10.2 Å². The first kappa shape index (κ1) is 12.1. The van der Waals surface area contributed by atoms with Crippen molar-refractivity contribution in [3.8, 4) is 0 Å². The van der Waals surface area contributed by atoms with Crippen LogP contribution in [0.5, 0.6) is 0 Å². The van der Waals surface area contributed by atoms with Crippen LogP contribution < -0.4 is 0 Å². The first-order valence-electron chi connectivity index (χ1n) is 3.96. The van der Waals surface area contributed by atoms with E-state index in [1.54, 1.807) is 0 Å². The Morgan fingerprint density at radius 1 is 1.33 bits per heavy atom. The summed E-state index contributed by atoms with van der Waals surface area (Å²) >= 11 is 2.99. The Kier molecular flexibility index (Phi) is 3.78. The van der Waals surface area contributed by atoms with E-state index in [9.17, 15) is 14.3 Å². The number of aliphatic hydroxyl groups is 2. The third kappa shape index (κ3) is 2.98. The molecule has 1 aromatic rings. The highest BCUT2D eigenvalue weighted by Crippen LogP contribution is 2.22. The highest BCUT2D eigenvalue weighted by atomic mass is 79.9. The maximum Gasteiger partial charge on any atom is 0.335 e. The summed E-state index contributed by atoms with van der Waals surface area (Å²) in [5, 5.41) is 26.9. The van der Waals surface area contributed by atoms with Gasteiger partial charge in [-0.25, -0.2) is 9.18 Å². The van der Waals surface area contributed by atoms with Gasteiger partial charge < -0.3 is 15.3 Å². The van der Waals surface area contributed by atoms with Gasteiger partial charge in [0.1, 0.15) is 11.9 Å². The lowest BCUT2D eigenvalue weighted by Crippen LogP contribution is -2.27. The van der Waals surface area contributed by atoms with Gasteiger partial charge in [-0.3, -0.25) is 0 Å². The summed E-state index contributed by atoms with van der Waals surface area (Å²) in [6, 6.07) is 3.45. The molecule has 0 fully saturated rings. The van der Waals surface area contributed by atoms with Crippen LogP contribution in [-0.4, -0.2) is 27.4 Å². The smallest absolute Gasteiger partial charge is 0.335 e. The van der Waals surface area contributed by atoms with Crippen LogP contribution in [0.1, 0.15) is 11.7 Å². The first-order chi connectivity index (χ1) is 6.91. The number of rotatable bonds is 3. The number of halogens is 2. The minimum Gasteiger partial charge on any atom is -0.479 e. The van der Waals surface area contributed by atoms with E-state index in [0.29, 0.717) is 4.47 Å². The summed E-state index contributed by atoms with van der Waals surface area (Å²) < 4.78 is 13.2. The molecule has 0 spiro atoms. The molecular weight excluding hydrogens is 271 g/mol. The third-order valence-electron chi connectivity index (χ3n) is 1.78. The number of carboxylic acid groups (broad SMARTS) is 1. The van der Waals surface area contributed by atoms with E-state index in [1.807, 2.05) is 0 Å². The number of carboxylic acids is 1. The van der Waals surface area contributed by atoms with Crippen molar-refractivity contribution >= 4 is 21.9 Å². The molecule has 6 heteroatoms. The lowest BCUT2D eigenvalue weighted by molar-refractivity contribution is -0.153. The molecule has 1 aromatic carbocycles. The summed E-state index contributed by atoms with van der Waals surface area (Å²) in [4.78, 5) is 10.4. The number of aliphatic hydroxyl groups excluding tert-OH is 2. The van der Waals surface area contributed by atoms with Crippen molar-refractivity contribution in [2.45, 2.75) is 12.2 Å². The van der Waals surface area contributed by atoms with E-state index in [1.165, 1.54) is 6.07 Å². The van der Waals surface area contributed by atoms with Crippen molar-refractivity contribution in [3.63, 3.8) is 0 Å².